The predicted molar refractivity (Wildman–Crippen MR) is 93.9 cm³/mol. The number of hydrogen-bond donors (Lipinski definition) is 2. The zero-order valence-electron chi connectivity index (χ0n) is 15.7. The van der Waals surface area contributed by atoms with Gasteiger partial charge in [-0.25, -0.2) is 4.79 Å². The summed E-state index contributed by atoms with van der Waals surface area (Å²) in [5.74, 6) is -2.63. The molecule has 2 aromatic rings. The zero-order chi connectivity index (χ0) is 23.6. The largest absolute Gasteiger partial charge is 0.485 e. The Hall–Kier alpha value is -3.29. The lowest BCUT2D eigenvalue weighted by Gasteiger charge is -2.15. The number of benzene rings is 1. The highest BCUT2D eigenvalue weighted by molar-refractivity contribution is 6.00. The summed E-state index contributed by atoms with van der Waals surface area (Å²) >= 11 is 0. The summed E-state index contributed by atoms with van der Waals surface area (Å²) in [5.41, 5.74) is -0.482. The van der Waals surface area contributed by atoms with Gasteiger partial charge in [0.25, 0.3) is 5.56 Å². The standard InChI is InChI=1S/C17H15F6N3O5/c1-30-3-2-26-13(24)12(14(28)25-15(26)29)11(27)7-31-10-5-8(16(18,19)20)4-9(6-10)17(21,22)23/h4-6H,2-3,7,24H2,1H3,(H,25,28,29). The summed E-state index contributed by atoms with van der Waals surface area (Å²) in [6, 6.07) is 0.439. The summed E-state index contributed by atoms with van der Waals surface area (Å²) < 4.78 is 87.7. The third-order valence-electron chi connectivity index (χ3n) is 3.97. The number of carbonyl (C=O) groups is 1. The van der Waals surface area contributed by atoms with Gasteiger partial charge in [-0.1, -0.05) is 0 Å². The molecule has 14 heteroatoms. The molecule has 31 heavy (non-hydrogen) atoms. The van der Waals surface area contributed by atoms with Crippen molar-refractivity contribution in [2.24, 2.45) is 0 Å². The number of methoxy groups -OCH3 is 1. The monoisotopic (exact) mass is 455 g/mol. The van der Waals surface area contributed by atoms with Crippen LogP contribution in [0, 0.1) is 0 Å². The van der Waals surface area contributed by atoms with Gasteiger partial charge < -0.3 is 15.2 Å². The Bertz CT molecular complexity index is 1060. The highest BCUT2D eigenvalue weighted by atomic mass is 19.4. The molecule has 3 N–H and O–H groups in total. The van der Waals surface area contributed by atoms with Crippen LogP contribution in [0.5, 0.6) is 5.75 Å². The van der Waals surface area contributed by atoms with Crippen molar-refractivity contribution in [2.45, 2.75) is 18.9 Å². The van der Waals surface area contributed by atoms with Crippen molar-refractivity contribution >= 4 is 11.6 Å². The number of ketones is 1. The Kier molecular flexibility index (Phi) is 6.83. The van der Waals surface area contributed by atoms with Crippen molar-refractivity contribution < 1.29 is 40.6 Å². The molecular formula is C17H15F6N3O5. The maximum absolute atomic E-state index is 12.9. The van der Waals surface area contributed by atoms with Gasteiger partial charge in [-0.15, -0.1) is 0 Å². The quantitative estimate of drug-likeness (QED) is 0.488. The fourth-order valence-electron chi connectivity index (χ4n) is 2.49. The smallest absolute Gasteiger partial charge is 0.416 e. The van der Waals surface area contributed by atoms with Crippen molar-refractivity contribution in [1.29, 1.82) is 0 Å². The number of nitrogen functional groups attached to an aromatic ring is 1. The third kappa shape index (κ3) is 5.65. The first kappa shape index (κ1) is 24.0. The van der Waals surface area contributed by atoms with Gasteiger partial charge in [0.2, 0.25) is 5.78 Å². The number of rotatable bonds is 7. The number of aromatic amines is 1. The van der Waals surface area contributed by atoms with Crippen LogP contribution < -0.4 is 21.7 Å². The fraction of sp³-hybridized carbons (Fsp3) is 0.353. The first-order valence-corrected chi connectivity index (χ1v) is 8.32. The number of aromatic nitrogens is 2. The van der Waals surface area contributed by atoms with E-state index in [1.807, 2.05) is 4.98 Å². The van der Waals surface area contributed by atoms with E-state index in [9.17, 15) is 40.7 Å². The topological polar surface area (TPSA) is 116 Å². The Balaban J connectivity index is 2.37. The fourth-order valence-corrected chi connectivity index (χ4v) is 2.49. The van der Waals surface area contributed by atoms with Crippen molar-refractivity contribution in [3.63, 3.8) is 0 Å². The minimum atomic E-state index is -5.11. The molecule has 0 unspecified atom stereocenters. The minimum Gasteiger partial charge on any atom is -0.485 e. The summed E-state index contributed by atoms with van der Waals surface area (Å²) in [4.78, 5) is 37.9. The second kappa shape index (κ2) is 8.83. The van der Waals surface area contributed by atoms with Gasteiger partial charge in [0.05, 0.1) is 24.3 Å². The highest BCUT2D eigenvalue weighted by Gasteiger charge is 2.37. The van der Waals surface area contributed by atoms with E-state index < -0.39 is 64.2 Å². The van der Waals surface area contributed by atoms with Crippen LogP contribution in [-0.4, -0.2) is 35.7 Å². The van der Waals surface area contributed by atoms with Crippen LogP contribution in [0.1, 0.15) is 21.5 Å². The Morgan fingerprint density at radius 3 is 2.10 bits per heavy atom. The first-order chi connectivity index (χ1) is 14.3. The number of H-pyrrole nitrogens is 1. The van der Waals surface area contributed by atoms with Gasteiger partial charge in [-0.3, -0.25) is 19.1 Å². The molecule has 170 valence electrons. The lowest BCUT2D eigenvalue weighted by molar-refractivity contribution is -0.143. The molecule has 0 bridgehead atoms. The molecule has 0 saturated heterocycles. The number of ether oxygens (including phenoxy) is 2. The molecule has 0 atom stereocenters. The van der Waals surface area contributed by atoms with E-state index in [0.29, 0.717) is 0 Å². The molecule has 0 fully saturated rings. The van der Waals surface area contributed by atoms with E-state index in [1.165, 1.54) is 7.11 Å². The van der Waals surface area contributed by atoms with Crippen LogP contribution in [0.3, 0.4) is 0 Å². The lowest BCUT2D eigenvalue weighted by Crippen LogP contribution is -2.37. The molecule has 0 aliphatic rings. The number of nitrogens with two attached hydrogens (primary N) is 1. The van der Waals surface area contributed by atoms with Gasteiger partial charge in [0, 0.05) is 7.11 Å². The molecule has 1 heterocycles. The van der Waals surface area contributed by atoms with Crippen LogP contribution in [0.15, 0.2) is 27.8 Å². The minimum absolute atomic E-state index is 0.00919. The molecule has 0 spiro atoms. The van der Waals surface area contributed by atoms with Crippen molar-refractivity contribution in [3.8, 4) is 5.75 Å². The summed E-state index contributed by atoms with van der Waals surface area (Å²) in [6.45, 7) is -1.26. The van der Waals surface area contributed by atoms with E-state index in [1.54, 1.807) is 0 Å². The number of Topliss-reactive ketones (excluding diaryl/α,β-unsaturated/α-hetero) is 1. The van der Waals surface area contributed by atoms with E-state index in [4.69, 9.17) is 15.2 Å². The van der Waals surface area contributed by atoms with Crippen molar-refractivity contribution in [1.82, 2.24) is 9.55 Å². The van der Waals surface area contributed by atoms with E-state index in [0.717, 1.165) is 4.57 Å². The number of carbonyl (C=O) groups excluding carboxylic acids is 1. The molecular weight excluding hydrogens is 440 g/mol. The molecule has 2 rings (SSSR count). The molecule has 1 aromatic heterocycles. The second-order valence-electron chi connectivity index (χ2n) is 6.12. The van der Waals surface area contributed by atoms with Crippen molar-refractivity contribution in [2.75, 3.05) is 26.1 Å². The van der Waals surface area contributed by atoms with Crippen LogP contribution in [0.2, 0.25) is 0 Å². The van der Waals surface area contributed by atoms with Crippen LogP contribution in [0.4, 0.5) is 32.2 Å². The zero-order valence-corrected chi connectivity index (χ0v) is 15.7. The Morgan fingerprint density at radius 1 is 1.06 bits per heavy atom. The number of halogens is 6. The Morgan fingerprint density at radius 2 is 1.61 bits per heavy atom. The van der Waals surface area contributed by atoms with Crippen LogP contribution >= 0.6 is 0 Å². The summed E-state index contributed by atoms with van der Waals surface area (Å²) in [5, 5.41) is 0. The number of alkyl halides is 6. The molecule has 1 aromatic carbocycles. The number of nitrogens with zero attached hydrogens (tertiary/aromatic N) is 1. The summed E-state index contributed by atoms with van der Waals surface area (Å²) in [6.07, 6.45) is -10.2. The lowest BCUT2D eigenvalue weighted by atomic mass is 10.1. The van der Waals surface area contributed by atoms with E-state index in [-0.39, 0.29) is 31.4 Å². The van der Waals surface area contributed by atoms with Gasteiger partial charge in [0.15, 0.2) is 6.61 Å². The average molecular weight is 455 g/mol. The average Bonchev–Trinajstić information content (AvgIpc) is 2.64. The molecule has 8 nitrogen and oxygen atoms in total. The van der Waals surface area contributed by atoms with Crippen molar-refractivity contribution in [3.05, 3.63) is 55.7 Å². The van der Waals surface area contributed by atoms with E-state index in [2.05, 4.69) is 0 Å². The van der Waals surface area contributed by atoms with Crippen LogP contribution in [-0.2, 0) is 23.6 Å². The third-order valence-corrected chi connectivity index (χ3v) is 3.97. The Labute approximate surface area is 169 Å². The molecule has 0 aliphatic heterocycles. The SMILES string of the molecule is COCCn1c(N)c(C(=O)COc2cc(C(F)(F)F)cc(C(F)(F)F)c2)c(=O)[nH]c1=O. The normalized spacial score (nSPS) is 12.1. The number of nitrogens with one attached hydrogen (secondary N) is 1. The van der Waals surface area contributed by atoms with Gasteiger partial charge in [0.1, 0.15) is 17.1 Å². The number of anilines is 1. The van der Waals surface area contributed by atoms with Gasteiger partial charge >= 0.3 is 18.0 Å². The maximum Gasteiger partial charge on any atom is 0.416 e. The van der Waals surface area contributed by atoms with Crippen LogP contribution in [0.25, 0.3) is 0 Å². The predicted octanol–water partition coefficient (Wildman–Crippen LogP) is 2.06. The second-order valence-corrected chi connectivity index (χ2v) is 6.12. The molecule has 0 amide bonds. The molecule has 0 radical (unpaired) electrons. The summed E-state index contributed by atoms with van der Waals surface area (Å²) in [7, 11) is 1.32. The van der Waals surface area contributed by atoms with E-state index >= 15 is 0 Å². The highest BCUT2D eigenvalue weighted by Crippen LogP contribution is 2.38. The molecule has 0 aliphatic carbocycles. The van der Waals surface area contributed by atoms with Gasteiger partial charge in [-0.05, 0) is 18.2 Å². The molecule has 0 saturated carbocycles. The number of hydrogen-bond acceptors (Lipinski definition) is 6. The maximum atomic E-state index is 12.9. The van der Waals surface area contributed by atoms with Gasteiger partial charge in [-0.2, -0.15) is 26.3 Å². The first-order valence-electron chi connectivity index (χ1n) is 8.32.